The first-order valence-electron chi connectivity index (χ1n) is 8.98. The predicted molar refractivity (Wildman–Crippen MR) is 113 cm³/mol. The fraction of sp³-hybridized carbons (Fsp3) is 0. The summed E-state index contributed by atoms with van der Waals surface area (Å²) in [5.41, 5.74) is -4.34. The zero-order valence-electron chi connectivity index (χ0n) is 16.8. The molecular weight excluding hydrogens is 478 g/mol. The van der Waals surface area contributed by atoms with Crippen molar-refractivity contribution in [3.05, 3.63) is 105 Å². The number of non-ortho nitro benzene ring substituents is 2. The summed E-state index contributed by atoms with van der Waals surface area (Å²) >= 11 is 0. The second-order valence-electron chi connectivity index (χ2n) is 6.40. The van der Waals surface area contributed by atoms with E-state index in [1.807, 2.05) is 0 Å². The highest BCUT2D eigenvalue weighted by Gasteiger charge is 2.40. The van der Waals surface area contributed by atoms with Crippen LogP contribution in [0.2, 0.25) is 0 Å². The Labute approximate surface area is 191 Å². The van der Waals surface area contributed by atoms with Gasteiger partial charge in [-0.2, -0.15) is 0 Å². The highest BCUT2D eigenvalue weighted by Crippen LogP contribution is 2.52. The average molecular weight is 487 g/mol. The number of nitro benzene ring substituents is 5. The highest BCUT2D eigenvalue weighted by molar-refractivity contribution is 5.76. The molecule has 0 N–H and O–H groups in total. The summed E-state index contributed by atoms with van der Waals surface area (Å²) < 4.78 is 10.5. The first kappa shape index (κ1) is 23.9. The molecule has 0 atom stereocenters. The summed E-state index contributed by atoms with van der Waals surface area (Å²) in [6.07, 6.45) is 0. The van der Waals surface area contributed by atoms with Crippen molar-refractivity contribution in [2.45, 2.75) is 0 Å². The van der Waals surface area contributed by atoms with Crippen LogP contribution >= 0.6 is 0 Å². The monoisotopic (exact) mass is 487 g/mol. The van der Waals surface area contributed by atoms with Crippen LogP contribution in [0.15, 0.2) is 54.6 Å². The van der Waals surface area contributed by atoms with Crippen molar-refractivity contribution in [2.24, 2.45) is 0 Å². The molecule has 0 unspecified atom stereocenters. The first-order valence-corrected chi connectivity index (χ1v) is 8.98. The molecule has 178 valence electrons. The van der Waals surface area contributed by atoms with E-state index in [9.17, 15) is 50.6 Å². The van der Waals surface area contributed by atoms with E-state index < -0.39 is 53.2 Å². The summed E-state index contributed by atoms with van der Waals surface area (Å²) in [6.45, 7) is 0. The van der Waals surface area contributed by atoms with E-state index in [1.165, 1.54) is 0 Å². The molecule has 3 aromatic carbocycles. The van der Waals surface area contributed by atoms with Crippen LogP contribution in [0.1, 0.15) is 0 Å². The fourth-order valence-corrected chi connectivity index (χ4v) is 2.75. The molecule has 35 heavy (non-hydrogen) atoms. The van der Waals surface area contributed by atoms with Crippen molar-refractivity contribution < 1.29 is 34.1 Å². The van der Waals surface area contributed by atoms with Crippen LogP contribution in [0.5, 0.6) is 23.0 Å². The number of ether oxygens (including phenoxy) is 2. The van der Waals surface area contributed by atoms with Crippen LogP contribution < -0.4 is 9.47 Å². The minimum absolute atomic E-state index is 0.295. The van der Waals surface area contributed by atoms with Gasteiger partial charge in [0.05, 0.1) is 24.6 Å². The van der Waals surface area contributed by atoms with Gasteiger partial charge in [0, 0.05) is 24.3 Å². The van der Waals surface area contributed by atoms with Crippen molar-refractivity contribution in [3.8, 4) is 23.0 Å². The maximum absolute atomic E-state index is 11.9. The van der Waals surface area contributed by atoms with Crippen LogP contribution in [0.4, 0.5) is 28.4 Å². The van der Waals surface area contributed by atoms with Crippen molar-refractivity contribution in [2.75, 3.05) is 0 Å². The summed E-state index contributed by atoms with van der Waals surface area (Å²) in [5, 5.41) is 56.6. The minimum Gasteiger partial charge on any atom is -0.444 e. The lowest BCUT2D eigenvalue weighted by Crippen LogP contribution is -2.04. The summed E-state index contributed by atoms with van der Waals surface area (Å²) in [5.74, 6) is -2.68. The van der Waals surface area contributed by atoms with Gasteiger partial charge >= 0.3 is 17.1 Å². The third-order valence-electron chi connectivity index (χ3n) is 4.28. The van der Waals surface area contributed by atoms with Gasteiger partial charge in [-0.15, -0.1) is 0 Å². The fourth-order valence-electron chi connectivity index (χ4n) is 2.75. The normalized spacial score (nSPS) is 10.3. The number of rotatable bonds is 9. The molecule has 0 amide bonds. The zero-order chi connectivity index (χ0) is 25.9. The molecule has 17 nitrogen and oxygen atoms in total. The number of benzene rings is 3. The maximum atomic E-state index is 11.9. The Hall–Kier alpha value is -5.74. The van der Waals surface area contributed by atoms with Gasteiger partial charge in [-0.05, 0) is 24.3 Å². The largest absolute Gasteiger partial charge is 0.444 e. The molecule has 0 aromatic heterocycles. The van der Waals surface area contributed by atoms with Gasteiger partial charge in [0.2, 0.25) is 0 Å². The van der Waals surface area contributed by atoms with Gasteiger partial charge in [-0.3, -0.25) is 50.6 Å². The number of hydrogen-bond acceptors (Lipinski definition) is 12. The van der Waals surface area contributed by atoms with Crippen molar-refractivity contribution in [3.63, 3.8) is 0 Å². The molecule has 17 heteroatoms. The smallest absolute Gasteiger partial charge is 0.368 e. The van der Waals surface area contributed by atoms with E-state index in [0.717, 1.165) is 48.5 Å². The molecule has 0 saturated heterocycles. The van der Waals surface area contributed by atoms with E-state index in [2.05, 4.69) is 0 Å². The van der Waals surface area contributed by atoms with Gasteiger partial charge < -0.3 is 9.47 Å². The molecular formula is C18H9N5O12. The van der Waals surface area contributed by atoms with Crippen molar-refractivity contribution >= 4 is 28.4 Å². The summed E-state index contributed by atoms with van der Waals surface area (Å²) in [7, 11) is 0. The highest BCUT2D eigenvalue weighted by atomic mass is 16.7. The third-order valence-corrected chi connectivity index (χ3v) is 4.28. The lowest BCUT2D eigenvalue weighted by atomic mass is 10.2. The molecule has 0 heterocycles. The number of nitro groups is 5. The molecule has 0 aliphatic rings. The van der Waals surface area contributed by atoms with Crippen molar-refractivity contribution in [1.82, 2.24) is 0 Å². The van der Waals surface area contributed by atoms with Gasteiger partial charge in [0.25, 0.3) is 22.9 Å². The van der Waals surface area contributed by atoms with Crippen LogP contribution in [0, 0.1) is 50.6 Å². The maximum Gasteiger partial charge on any atom is 0.368 e. The van der Waals surface area contributed by atoms with Crippen LogP contribution in [0.25, 0.3) is 0 Å². The predicted octanol–water partition coefficient (Wildman–Crippen LogP) is 4.81. The molecule has 0 radical (unpaired) electrons. The van der Waals surface area contributed by atoms with E-state index in [4.69, 9.17) is 9.47 Å². The molecule has 0 saturated carbocycles. The Kier molecular flexibility index (Phi) is 6.42. The standard InChI is InChI=1S/C18H9N5O12/c24-19(25)10-1-5-12(6-2-10)34-17-14(21(28)29)9-15(22(30)31)18(16(17)23(32)33)35-13-7-3-11(4-8-13)20(26)27/h1-9H. The van der Waals surface area contributed by atoms with E-state index in [1.54, 1.807) is 0 Å². The van der Waals surface area contributed by atoms with Gasteiger partial charge in [-0.25, -0.2) is 0 Å². The Morgan fingerprint density at radius 1 is 0.486 bits per heavy atom. The molecule has 0 spiro atoms. The zero-order valence-corrected chi connectivity index (χ0v) is 16.8. The lowest BCUT2D eigenvalue weighted by molar-refractivity contribution is -0.405. The quantitative estimate of drug-likeness (QED) is 0.292. The molecule has 3 rings (SSSR count). The Balaban J connectivity index is 2.22. The SMILES string of the molecule is O=[N+]([O-])c1ccc(Oc2c([N+](=O)[O-])cc([N+](=O)[O-])c(Oc3ccc([N+](=O)[O-])cc3)c2[N+](=O)[O-])cc1. The molecule has 0 aliphatic heterocycles. The second-order valence-corrected chi connectivity index (χ2v) is 6.40. The molecule has 3 aromatic rings. The summed E-state index contributed by atoms with van der Waals surface area (Å²) in [6, 6.07) is 8.26. The van der Waals surface area contributed by atoms with E-state index >= 15 is 0 Å². The molecule has 0 fully saturated rings. The van der Waals surface area contributed by atoms with E-state index in [0.29, 0.717) is 6.07 Å². The molecule has 0 bridgehead atoms. The summed E-state index contributed by atoms with van der Waals surface area (Å²) in [4.78, 5) is 51.6. The Bertz CT molecular complexity index is 1280. The third kappa shape index (κ3) is 5.03. The first-order chi connectivity index (χ1) is 16.5. The Morgan fingerprint density at radius 3 is 1.09 bits per heavy atom. The second kappa shape index (κ2) is 9.40. The van der Waals surface area contributed by atoms with E-state index in [-0.39, 0.29) is 22.9 Å². The topological polar surface area (TPSA) is 234 Å². The van der Waals surface area contributed by atoms with Crippen LogP contribution in [-0.2, 0) is 0 Å². The molecule has 0 aliphatic carbocycles. The van der Waals surface area contributed by atoms with Crippen LogP contribution in [0.3, 0.4) is 0 Å². The minimum atomic E-state index is -1.29. The van der Waals surface area contributed by atoms with Crippen molar-refractivity contribution in [1.29, 1.82) is 0 Å². The van der Waals surface area contributed by atoms with Gasteiger partial charge in [0.15, 0.2) is 0 Å². The number of nitrogens with zero attached hydrogens (tertiary/aromatic N) is 5. The van der Waals surface area contributed by atoms with Gasteiger partial charge in [0.1, 0.15) is 17.6 Å². The average Bonchev–Trinajstić information content (AvgIpc) is 2.79. The van der Waals surface area contributed by atoms with Crippen LogP contribution in [-0.4, -0.2) is 24.6 Å². The Morgan fingerprint density at radius 2 is 0.829 bits per heavy atom. The van der Waals surface area contributed by atoms with Gasteiger partial charge in [-0.1, -0.05) is 0 Å². The lowest BCUT2D eigenvalue weighted by Gasteiger charge is -2.11. The number of hydrogen-bond donors (Lipinski definition) is 0.